The number of carboxylic acids is 2. The number of aliphatic carboxylic acids is 2. The summed E-state index contributed by atoms with van der Waals surface area (Å²) < 4.78 is 0. The van der Waals surface area contributed by atoms with Crippen LogP contribution in [0.3, 0.4) is 0 Å². The third-order valence-corrected chi connectivity index (χ3v) is 3.21. The van der Waals surface area contributed by atoms with E-state index in [4.69, 9.17) is 38.2 Å². The summed E-state index contributed by atoms with van der Waals surface area (Å²) in [6, 6.07) is 12.3. The number of anilines is 2. The van der Waals surface area contributed by atoms with Crippen LogP contribution in [0.15, 0.2) is 42.5 Å². The van der Waals surface area contributed by atoms with Crippen LogP contribution in [0.4, 0.5) is 11.4 Å². The summed E-state index contributed by atoms with van der Waals surface area (Å²) in [5.41, 5.74) is 1.93. The first-order chi connectivity index (χ1) is 10.8. The average Bonchev–Trinajstić information content (AvgIpc) is 2.43. The average molecular weight is 356 g/mol. The van der Waals surface area contributed by atoms with Crippen LogP contribution in [0.5, 0.6) is 0 Å². The summed E-state index contributed by atoms with van der Waals surface area (Å²) in [5.74, 6) is -1.72. The largest absolute Gasteiger partial charge is 0.481 e. The predicted octanol–water partition coefficient (Wildman–Crippen LogP) is 4.46. The SMILES string of the molecule is CC(=O)O.O=C(O)Cc1ccccc1Nc1c(Cl)cccc1Cl. The Balaban J connectivity index is 0.000000593. The molecule has 2 aromatic carbocycles. The fourth-order valence-electron chi connectivity index (χ4n) is 1.71. The van der Waals surface area contributed by atoms with Crippen molar-refractivity contribution >= 4 is 46.5 Å². The summed E-state index contributed by atoms with van der Waals surface area (Å²) in [7, 11) is 0. The molecule has 0 aliphatic rings. The van der Waals surface area contributed by atoms with Gasteiger partial charge >= 0.3 is 5.97 Å². The number of para-hydroxylation sites is 2. The van der Waals surface area contributed by atoms with Crippen molar-refractivity contribution in [2.75, 3.05) is 5.32 Å². The molecule has 5 nitrogen and oxygen atoms in total. The highest BCUT2D eigenvalue weighted by Gasteiger charge is 2.10. The van der Waals surface area contributed by atoms with Gasteiger partial charge in [0.15, 0.2) is 0 Å². The van der Waals surface area contributed by atoms with E-state index in [2.05, 4.69) is 5.32 Å². The molecule has 2 rings (SSSR count). The van der Waals surface area contributed by atoms with E-state index in [1.54, 1.807) is 36.4 Å². The lowest BCUT2D eigenvalue weighted by Crippen LogP contribution is -2.04. The number of nitrogens with one attached hydrogen (secondary N) is 1. The van der Waals surface area contributed by atoms with Crippen LogP contribution in [0.2, 0.25) is 10.0 Å². The van der Waals surface area contributed by atoms with Crippen molar-refractivity contribution in [2.45, 2.75) is 13.3 Å². The molecule has 0 saturated carbocycles. The Labute approximate surface area is 143 Å². The van der Waals surface area contributed by atoms with Crippen LogP contribution in [0.1, 0.15) is 12.5 Å². The van der Waals surface area contributed by atoms with Crippen molar-refractivity contribution < 1.29 is 19.8 Å². The van der Waals surface area contributed by atoms with Crippen LogP contribution in [-0.4, -0.2) is 22.2 Å². The number of rotatable bonds is 4. The molecule has 0 unspecified atom stereocenters. The maximum absolute atomic E-state index is 10.8. The third-order valence-electron chi connectivity index (χ3n) is 2.58. The van der Waals surface area contributed by atoms with Crippen molar-refractivity contribution in [3.8, 4) is 0 Å². The van der Waals surface area contributed by atoms with Gasteiger partial charge in [-0.05, 0) is 23.8 Å². The molecule has 0 heterocycles. The van der Waals surface area contributed by atoms with Crippen LogP contribution >= 0.6 is 23.2 Å². The first-order valence-corrected chi connectivity index (χ1v) is 7.27. The van der Waals surface area contributed by atoms with Crippen LogP contribution < -0.4 is 5.32 Å². The summed E-state index contributed by atoms with van der Waals surface area (Å²) in [5, 5.41) is 20.4. The van der Waals surface area contributed by atoms with Gasteiger partial charge in [0, 0.05) is 12.6 Å². The van der Waals surface area contributed by atoms with Gasteiger partial charge in [0.05, 0.1) is 22.2 Å². The van der Waals surface area contributed by atoms with E-state index in [9.17, 15) is 4.79 Å². The van der Waals surface area contributed by atoms with Gasteiger partial charge in [-0.2, -0.15) is 0 Å². The summed E-state index contributed by atoms with van der Waals surface area (Å²) in [6.45, 7) is 1.08. The maximum Gasteiger partial charge on any atom is 0.307 e. The molecule has 0 spiro atoms. The topological polar surface area (TPSA) is 86.6 Å². The van der Waals surface area contributed by atoms with Crippen LogP contribution in [0, 0.1) is 0 Å². The van der Waals surface area contributed by atoms with Gasteiger partial charge < -0.3 is 15.5 Å². The summed E-state index contributed by atoms with van der Waals surface area (Å²) in [4.78, 5) is 19.8. The number of halogens is 2. The van der Waals surface area contributed by atoms with Crippen molar-refractivity contribution in [2.24, 2.45) is 0 Å². The van der Waals surface area contributed by atoms with E-state index in [1.807, 2.05) is 6.07 Å². The lowest BCUT2D eigenvalue weighted by atomic mass is 10.1. The molecule has 0 radical (unpaired) electrons. The highest BCUT2D eigenvalue weighted by molar-refractivity contribution is 6.39. The van der Waals surface area contributed by atoms with Gasteiger partial charge in [-0.1, -0.05) is 47.5 Å². The first kappa shape index (κ1) is 18.8. The number of hydrogen-bond acceptors (Lipinski definition) is 3. The molecule has 0 bridgehead atoms. The van der Waals surface area contributed by atoms with Gasteiger partial charge in [0.2, 0.25) is 0 Å². The Kier molecular flexibility index (Phi) is 7.38. The molecule has 0 fully saturated rings. The Morgan fingerprint density at radius 1 is 1.00 bits per heavy atom. The molecule has 122 valence electrons. The Bertz CT molecular complexity index is 680. The summed E-state index contributed by atoms with van der Waals surface area (Å²) >= 11 is 12.1. The number of carbonyl (C=O) groups is 2. The molecule has 2 aromatic rings. The number of benzene rings is 2. The second-order valence-electron chi connectivity index (χ2n) is 4.47. The van der Waals surface area contributed by atoms with E-state index in [0.717, 1.165) is 6.92 Å². The molecular formula is C16H15Cl2NO4. The molecule has 0 aromatic heterocycles. The highest BCUT2D eigenvalue weighted by Crippen LogP contribution is 2.33. The second kappa shape index (κ2) is 9.02. The van der Waals surface area contributed by atoms with Gasteiger partial charge in [-0.25, -0.2) is 0 Å². The summed E-state index contributed by atoms with van der Waals surface area (Å²) in [6.07, 6.45) is -0.0642. The third kappa shape index (κ3) is 6.59. The zero-order valence-corrected chi connectivity index (χ0v) is 13.7. The molecule has 23 heavy (non-hydrogen) atoms. The quantitative estimate of drug-likeness (QED) is 0.753. The molecule has 0 saturated heterocycles. The number of carboxylic acid groups (broad SMARTS) is 2. The zero-order valence-electron chi connectivity index (χ0n) is 12.2. The smallest absolute Gasteiger partial charge is 0.307 e. The van der Waals surface area contributed by atoms with E-state index >= 15 is 0 Å². The minimum Gasteiger partial charge on any atom is -0.481 e. The Morgan fingerprint density at radius 3 is 2.04 bits per heavy atom. The van der Waals surface area contributed by atoms with Crippen molar-refractivity contribution in [1.82, 2.24) is 0 Å². The standard InChI is InChI=1S/C14H11Cl2NO2.C2H4O2/c15-10-5-3-6-11(16)14(10)17-12-7-2-1-4-9(12)8-13(18)19;1-2(3)4/h1-7,17H,8H2,(H,18,19);1H3,(H,3,4). The normalized spacial score (nSPS) is 9.52. The minimum absolute atomic E-state index is 0.0642. The monoisotopic (exact) mass is 355 g/mol. The zero-order chi connectivity index (χ0) is 17.4. The molecule has 0 aliphatic heterocycles. The molecule has 0 aliphatic carbocycles. The van der Waals surface area contributed by atoms with Gasteiger partial charge in [-0.3, -0.25) is 9.59 Å². The van der Waals surface area contributed by atoms with Gasteiger partial charge in [0.1, 0.15) is 0 Å². The van der Waals surface area contributed by atoms with Crippen molar-refractivity contribution in [1.29, 1.82) is 0 Å². The lowest BCUT2D eigenvalue weighted by Gasteiger charge is -2.13. The highest BCUT2D eigenvalue weighted by atomic mass is 35.5. The Morgan fingerprint density at radius 2 is 1.52 bits per heavy atom. The fraction of sp³-hybridized carbons (Fsp3) is 0.125. The van der Waals surface area contributed by atoms with Crippen molar-refractivity contribution in [3.63, 3.8) is 0 Å². The van der Waals surface area contributed by atoms with E-state index in [0.29, 0.717) is 27.0 Å². The molecular weight excluding hydrogens is 341 g/mol. The van der Waals surface area contributed by atoms with Crippen LogP contribution in [0.25, 0.3) is 0 Å². The maximum atomic E-state index is 10.8. The second-order valence-corrected chi connectivity index (χ2v) is 5.28. The molecule has 0 atom stereocenters. The van der Waals surface area contributed by atoms with E-state index < -0.39 is 11.9 Å². The van der Waals surface area contributed by atoms with Gasteiger partial charge in [-0.15, -0.1) is 0 Å². The van der Waals surface area contributed by atoms with Gasteiger partial charge in [0.25, 0.3) is 5.97 Å². The fourth-order valence-corrected chi connectivity index (χ4v) is 2.20. The first-order valence-electron chi connectivity index (χ1n) is 6.51. The molecule has 0 amide bonds. The lowest BCUT2D eigenvalue weighted by molar-refractivity contribution is -0.136. The van der Waals surface area contributed by atoms with E-state index in [-0.39, 0.29) is 6.42 Å². The van der Waals surface area contributed by atoms with Crippen molar-refractivity contribution in [3.05, 3.63) is 58.1 Å². The number of hydrogen-bond donors (Lipinski definition) is 3. The molecule has 3 N–H and O–H groups in total. The van der Waals surface area contributed by atoms with E-state index in [1.165, 1.54) is 0 Å². The predicted molar refractivity (Wildman–Crippen MR) is 90.8 cm³/mol. The Hall–Kier alpha value is -2.24. The van der Waals surface area contributed by atoms with Crippen LogP contribution in [-0.2, 0) is 16.0 Å². The molecule has 7 heteroatoms. The minimum atomic E-state index is -0.889.